The maximum absolute atomic E-state index is 9.00. The Morgan fingerprint density at radius 1 is 1.35 bits per heavy atom. The molecule has 3 heterocycles. The molecule has 0 aliphatic carbocycles. The number of hydrogen-bond acceptors (Lipinski definition) is 6. The summed E-state index contributed by atoms with van der Waals surface area (Å²) < 4.78 is 1.68. The van der Waals surface area contributed by atoms with Gasteiger partial charge in [-0.15, -0.1) is 0 Å². The quantitative estimate of drug-likeness (QED) is 0.720. The summed E-state index contributed by atoms with van der Waals surface area (Å²) in [6.45, 7) is 1.30. The predicted octanol–water partition coefficient (Wildman–Crippen LogP) is 1.53. The lowest BCUT2D eigenvalue weighted by Gasteiger charge is -2.05. The zero-order valence-corrected chi connectivity index (χ0v) is 11.7. The van der Waals surface area contributed by atoms with Gasteiger partial charge in [0.2, 0.25) is 0 Å². The molecule has 0 saturated carbocycles. The van der Waals surface area contributed by atoms with E-state index >= 15 is 0 Å². The summed E-state index contributed by atoms with van der Waals surface area (Å²) in [6.07, 6.45) is 4.21. The molecule has 6 nitrogen and oxygen atoms in total. The largest absolute Gasteiger partial charge is 0.394 e. The molecule has 0 atom stereocenters. The third-order valence-electron chi connectivity index (χ3n) is 3.03. The molecule has 0 spiro atoms. The molecule has 0 aliphatic heterocycles. The van der Waals surface area contributed by atoms with Gasteiger partial charge in [0.05, 0.1) is 24.7 Å². The highest BCUT2D eigenvalue weighted by molar-refractivity contribution is 7.07. The summed E-state index contributed by atoms with van der Waals surface area (Å²) in [5.74, 6) is 0.786. The van der Waals surface area contributed by atoms with Gasteiger partial charge in [-0.05, 0) is 28.8 Å². The van der Waals surface area contributed by atoms with Crippen LogP contribution >= 0.6 is 11.3 Å². The van der Waals surface area contributed by atoms with Gasteiger partial charge in [-0.1, -0.05) is 0 Å². The van der Waals surface area contributed by atoms with Crippen LogP contribution in [0.15, 0.2) is 29.4 Å². The number of nitrogens with zero attached hydrogens (tertiary/aromatic N) is 4. The summed E-state index contributed by atoms with van der Waals surface area (Å²) >= 11 is 1.71. The van der Waals surface area contributed by atoms with E-state index in [-0.39, 0.29) is 6.61 Å². The molecule has 0 aliphatic rings. The van der Waals surface area contributed by atoms with Gasteiger partial charge < -0.3 is 10.4 Å². The van der Waals surface area contributed by atoms with Crippen LogP contribution in [-0.2, 0) is 13.0 Å². The number of nitrogens with one attached hydrogen (secondary N) is 1. The Labute approximate surface area is 120 Å². The number of rotatable bonds is 6. The molecule has 0 amide bonds. The zero-order chi connectivity index (χ0) is 13.8. The molecule has 3 rings (SSSR count). The monoisotopic (exact) mass is 289 g/mol. The second-order valence-electron chi connectivity index (χ2n) is 4.36. The smallest absolute Gasteiger partial charge is 0.163 e. The molecule has 0 aromatic carbocycles. The van der Waals surface area contributed by atoms with Gasteiger partial charge in [0.15, 0.2) is 5.65 Å². The van der Waals surface area contributed by atoms with Gasteiger partial charge in [-0.25, -0.2) is 14.6 Å². The van der Waals surface area contributed by atoms with Crippen molar-refractivity contribution in [1.29, 1.82) is 0 Å². The fourth-order valence-corrected chi connectivity index (χ4v) is 2.76. The van der Waals surface area contributed by atoms with Crippen molar-refractivity contribution in [2.45, 2.75) is 13.0 Å². The summed E-state index contributed by atoms with van der Waals surface area (Å²) in [5.41, 5.74) is 2.07. The summed E-state index contributed by atoms with van der Waals surface area (Å²) in [5, 5.41) is 21.6. The van der Waals surface area contributed by atoms with Crippen LogP contribution in [0.25, 0.3) is 11.0 Å². The second-order valence-corrected chi connectivity index (χ2v) is 5.14. The van der Waals surface area contributed by atoms with Gasteiger partial charge in [0.25, 0.3) is 0 Å². The van der Waals surface area contributed by atoms with Crippen molar-refractivity contribution in [3.8, 4) is 0 Å². The fourth-order valence-electron chi connectivity index (χ4n) is 2.05. The lowest BCUT2D eigenvalue weighted by atomic mass is 10.2. The van der Waals surface area contributed by atoms with Crippen LogP contribution < -0.4 is 5.32 Å². The molecule has 3 aromatic rings. The van der Waals surface area contributed by atoms with Crippen LogP contribution in [-0.4, -0.2) is 38.0 Å². The van der Waals surface area contributed by atoms with Gasteiger partial charge in [0.1, 0.15) is 12.1 Å². The van der Waals surface area contributed by atoms with Crippen molar-refractivity contribution in [2.75, 3.05) is 18.5 Å². The molecular formula is C13H15N5OS. The second kappa shape index (κ2) is 5.98. The number of thiophene rings is 1. The van der Waals surface area contributed by atoms with Crippen LogP contribution in [0.2, 0.25) is 0 Å². The first-order chi connectivity index (χ1) is 9.88. The maximum atomic E-state index is 9.00. The molecule has 20 heavy (non-hydrogen) atoms. The van der Waals surface area contributed by atoms with E-state index in [0.29, 0.717) is 6.54 Å². The zero-order valence-electron chi connectivity index (χ0n) is 10.9. The molecule has 0 saturated heterocycles. The molecule has 0 radical (unpaired) electrons. The van der Waals surface area contributed by atoms with Crippen LogP contribution in [0.4, 0.5) is 5.82 Å². The molecule has 0 fully saturated rings. The number of aliphatic hydroxyl groups excluding tert-OH is 1. The summed E-state index contributed by atoms with van der Waals surface area (Å²) in [6, 6.07) is 2.13. The lowest BCUT2D eigenvalue weighted by Crippen LogP contribution is -2.07. The summed E-state index contributed by atoms with van der Waals surface area (Å²) in [4.78, 5) is 8.48. The summed E-state index contributed by atoms with van der Waals surface area (Å²) in [7, 11) is 0. The number of aromatic nitrogens is 4. The molecule has 7 heteroatoms. The van der Waals surface area contributed by atoms with Crippen molar-refractivity contribution in [3.63, 3.8) is 0 Å². The third-order valence-corrected chi connectivity index (χ3v) is 3.76. The fraction of sp³-hybridized carbons (Fsp3) is 0.308. The average molecular weight is 289 g/mol. The first-order valence-corrected chi connectivity index (χ1v) is 7.35. The Hall–Kier alpha value is -1.99. The first kappa shape index (κ1) is 13.0. The Kier molecular flexibility index (Phi) is 3.89. The molecule has 2 N–H and O–H groups in total. The predicted molar refractivity (Wildman–Crippen MR) is 78.9 cm³/mol. The minimum Gasteiger partial charge on any atom is -0.394 e. The minimum atomic E-state index is 0.0434. The Balaban J connectivity index is 1.74. The first-order valence-electron chi connectivity index (χ1n) is 6.41. The van der Waals surface area contributed by atoms with Crippen molar-refractivity contribution in [1.82, 2.24) is 19.7 Å². The Morgan fingerprint density at radius 2 is 2.30 bits per heavy atom. The van der Waals surface area contributed by atoms with Crippen molar-refractivity contribution >= 4 is 28.2 Å². The van der Waals surface area contributed by atoms with Crippen LogP contribution in [0, 0.1) is 0 Å². The van der Waals surface area contributed by atoms with Gasteiger partial charge in [-0.3, -0.25) is 0 Å². The SMILES string of the molecule is OCCn1ncc2c(NCCc3ccsc3)ncnc21. The van der Waals surface area contributed by atoms with Gasteiger partial charge in [0, 0.05) is 6.54 Å². The highest BCUT2D eigenvalue weighted by Gasteiger charge is 2.08. The van der Waals surface area contributed by atoms with Crippen molar-refractivity contribution < 1.29 is 5.11 Å². The van der Waals surface area contributed by atoms with Crippen LogP contribution in [0.3, 0.4) is 0 Å². The molecule has 0 unspecified atom stereocenters. The molecule has 3 aromatic heterocycles. The standard InChI is InChI=1S/C13H15N5OS/c19-5-4-18-13-11(7-17-18)12(15-9-16-13)14-3-1-10-2-6-20-8-10/h2,6-9,19H,1,3-5H2,(H,14,15,16). The number of anilines is 1. The highest BCUT2D eigenvalue weighted by atomic mass is 32.1. The van der Waals surface area contributed by atoms with E-state index in [1.54, 1.807) is 22.2 Å². The molecular weight excluding hydrogens is 274 g/mol. The average Bonchev–Trinajstić information content (AvgIpc) is 3.10. The minimum absolute atomic E-state index is 0.0434. The van der Waals surface area contributed by atoms with Crippen LogP contribution in [0.5, 0.6) is 0 Å². The van der Waals surface area contributed by atoms with E-state index in [1.165, 1.54) is 11.9 Å². The van der Waals surface area contributed by atoms with Crippen molar-refractivity contribution in [3.05, 3.63) is 34.9 Å². The van der Waals surface area contributed by atoms with E-state index in [2.05, 4.69) is 37.2 Å². The van der Waals surface area contributed by atoms with Crippen molar-refractivity contribution in [2.24, 2.45) is 0 Å². The Morgan fingerprint density at radius 3 is 3.10 bits per heavy atom. The van der Waals surface area contributed by atoms with E-state index in [4.69, 9.17) is 5.11 Å². The molecule has 0 bridgehead atoms. The van der Waals surface area contributed by atoms with Gasteiger partial charge in [-0.2, -0.15) is 16.4 Å². The third kappa shape index (κ3) is 2.63. The normalized spacial score (nSPS) is 11.1. The number of aliphatic hydroxyl groups is 1. The van der Waals surface area contributed by atoms with Crippen LogP contribution in [0.1, 0.15) is 5.56 Å². The van der Waals surface area contributed by atoms with Gasteiger partial charge >= 0.3 is 0 Å². The number of hydrogen-bond donors (Lipinski definition) is 2. The topological polar surface area (TPSA) is 75.9 Å². The molecule has 104 valence electrons. The Bertz CT molecular complexity index is 679. The highest BCUT2D eigenvalue weighted by Crippen LogP contribution is 2.18. The lowest BCUT2D eigenvalue weighted by molar-refractivity contribution is 0.271. The van der Waals surface area contributed by atoms with E-state index in [9.17, 15) is 0 Å². The van der Waals surface area contributed by atoms with E-state index in [0.717, 1.165) is 29.8 Å². The maximum Gasteiger partial charge on any atom is 0.163 e. The van der Waals surface area contributed by atoms with E-state index < -0.39 is 0 Å². The van der Waals surface area contributed by atoms with E-state index in [1.807, 2.05) is 0 Å². The number of fused-ring (bicyclic) bond motifs is 1.